The number of amides is 2. The number of carbonyl (C=O) groups is 2. The zero-order chi connectivity index (χ0) is 21.3. The zero-order valence-corrected chi connectivity index (χ0v) is 17.4. The number of para-hydroxylation sites is 1. The maximum absolute atomic E-state index is 13.0. The first kappa shape index (κ1) is 19.8. The smallest absolute Gasteiger partial charge is 0.257 e. The summed E-state index contributed by atoms with van der Waals surface area (Å²) < 4.78 is 7.49. The number of aryl methyl sites for hydroxylation is 1. The van der Waals surface area contributed by atoms with Crippen LogP contribution < -0.4 is 15.0 Å². The van der Waals surface area contributed by atoms with Gasteiger partial charge in [0.2, 0.25) is 5.91 Å². The fourth-order valence-corrected chi connectivity index (χ4v) is 4.05. The van der Waals surface area contributed by atoms with Crippen LogP contribution in [-0.2, 0) is 4.79 Å². The highest BCUT2D eigenvalue weighted by atomic mass is 16.5. The molecular formula is C24H25N3O3. The minimum absolute atomic E-state index is 0.0724. The van der Waals surface area contributed by atoms with Crippen LogP contribution in [0.2, 0.25) is 0 Å². The van der Waals surface area contributed by atoms with Crippen molar-refractivity contribution in [1.82, 2.24) is 4.57 Å². The number of nitrogens with zero attached hydrogens (tertiary/aromatic N) is 2. The van der Waals surface area contributed by atoms with Crippen LogP contribution in [-0.4, -0.2) is 30.0 Å². The third-order valence-corrected chi connectivity index (χ3v) is 5.49. The summed E-state index contributed by atoms with van der Waals surface area (Å²) in [4.78, 5) is 27.0. The van der Waals surface area contributed by atoms with E-state index in [1.807, 2.05) is 50.2 Å². The minimum Gasteiger partial charge on any atom is -0.495 e. The quantitative estimate of drug-likeness (QED) is 0.683. The summed E-state index contributed by atoms with van der Waals surface area (Å²) in [5.74, 6) is 0.503. The Labute approximate surface area is 176 Å². The SMILES string of the molecule is COc1ccc(NC(=O)c2cc(C)n(-c3ccccc3)c2C)cc1N1CCCC1=O. The predicted molar refractivity (Wildman–Crippen MR) is 118 cm³/mol. The van der Waals surface area contributed by atoms with Gasteiger partial charge in [0.25, 0.3) is 5.91 Å². The molecule has 1 saturated heterocycles. The van der Waals surface area contributed by atoms with E-state index in [1.165, 1.54) is 0 Å². The highest BCUT2D eigenvalue weighted by Crippen LogP contribution is 2.34. The highest BCUT2D eigenvalue weighted by Gasteiger charge is 2.25. The second-order valence-corrected chi connectivity index (χ2v) is 7.45. The zero-order valence-electron chi connectivity index (χ0n) is 17.4. The van der Waals surface area contributed by atoms with Gasteiger partial charge >= 0.3 is 0 Å². The van der Waals surface area contributed by atoms with E-state index in [4.69, 9.17) is 4.74 Å². The van der Waals surface area contributed by atoms with E-state index in [0.717, 1.165) is 23.5 Å². The van der Waals surface area contributed by atoms with Gasteiger partial charge in [-0.25, -0.2) is 0 Å². The van der Waals surface area contributed by atoms with Crippen LogP contribution in [0.15, 0.2) is 54.6 Å². The average Bonchev–Trinajstić information content (AvgIpc) is 3.31. The van der Waals surface area contributed by atoms with Crippen LogP contribution in [0.1, 0.15) is 34.6 Å². The predicted octanol–water partition coefficient (Wildman–Crippen LogP) is 4.48. The Bertz CT molecular complexity index is 1100. The molecule has 1 N–H and O–H groups in total. The molecule has 6 nitrogen and oxygen atoms in total. The number of nitrogens with one attached hydrogen (secondary N) is 1. The fourth-order valence-electron chi connectivity index (χ4n) is 4.05. The van der Waals surface area contributed by atoms with Gasteiger partial charge in [-0.1, -0.05) is 18.2 Å². The monoisotopic (exact) mass is 403 g/mol. The van der Waals surface area contributed by atoms with E-state index in [2.05, 4.69) is 9.88 Å². The third kappa shape index (κ3) is 3.56. The van der Waals surface area contributed by atoms with Gasteiger partial charge in [-0.3, -0.25) is 9.59 Å². The van der Waals surface area contributed by atoms with Gasteiger partial charge in [-0.05, 0) is 56.7 Å². The van der Waals surface area contributed by atoms with Crippen LogP contribution in [0, 0.1) is 13.8 Å². The lowest BCUT2D eigenvalue weighted by molar-refractivity contribution is -0.117. The van der Waals surface area contributed by atoms with E-state index in [0.29, 0.717) is 35.7 Å². The number of aromatic nitrogens is 1. The molecule has 4 rings (SSSR count). The molecule has 0 radical (unpaired) electrons. The molecule has 6 heteroatoms. The Hall–Kier alpha value is -3.54. The Morgan fingerprint density at radius 3 is 2.50 bits per heavy atom. The minimum atomic E-state index is -0.186. The van der Waals surface area contributed by atoms with Gasteiger partial charge < -0.3 is 19.5 Å². The number of ether oxygens (including phenoxy) is 1. The molecule has 0 aliphatic carbocycles. The molecule has 2 heterocycles. The molecule has 0 saturated carbocycles. The number of benzene rings is 2. The van der Waals surface area contributed by atoms with Gasteiger partial charge in [0, 0.05) is 35.7 Å². The van der Waals surface area contributed by atoms with Crippen molar-refractivity contribution in [3.63, 3.8) is 0 Å². The second-order valence-electron chi connectivity index (χ2n) is 7.45. The first-order valence-electron chi connectivity index (χ1n) is 10.0. The summed E-state index contributed by atoms with van der Waals surface area (Å²) in [6, 6.07) is 17.2. The van der Waals surface area contributed by atoms with Crippen molar-refractivity contribution in [2.75, 3.05) is 23.9 Å². The Morgan fingerprint density at radius 2 is 1.83 bits per heavy atom. The van der Waals surface area contributed by atoms with E-state index < -0.39 is 0 Å². The van der Waals surface area contributed by atoms with Crippen molar-refractivity contribution in [2.45, 2.75) is 26.7 Å². The first-order chi connectivity index (χ1) is 14.5. The van der Waals surface area contributed by atoms with Gasteiger partial charge in [-0.15, -0.1) is 0 Å². The molecule has 3 aromatic rings. The molecule has 1 aliphatic rings. The normalized spacial score (nSPS) is 13.6. The number of anilines is 2. The molecule has 30 heavy (non-hydrogen) atoms. The summed E-state index contributed by atoms with van der Waals surface area (Å²) in [6.45, 7) is 4.59. The summed E-state index contributed by atoms with van der Waals surface area (Å²) in [5, 5.41) is 2.98. The Morgan fingerprint density at radius 1 is 1.07 bits per heavy atom. The highest BCUT2D eigenvalue weighted by molar-refractivity contribution is 6.06. The number of carbonyl (C=O) groups excluding carboxylic acids is 2. The van der Waals surface area contributed by atoms with Gasteiger partial charge in [0.15, 0.2) is 0 Å². The van der Waals surface area contributed by atoms with Crippen LogP contribution >= 0.6 is 0 Å². The largest absolute Gasteiger partial charge is 0.495 e. The van der Waals surface area contributed by atoms with Gasteiger partial charge in [0.05, 0.1) is 18.4 Å². The van der Waals surface area contributed by atoms with Crippen molar-refractivity contribution in [3.05, 3.63) is 71.5 Å². The number of rotatable bonds is 5. The van der Waals surface area contributed by atoms with Crippen molar-refractivity contribution in [1.29, 1.82) is 0 Å². The standard InChI is InChI=1S/C24H25N3O3/c1-16-14-20(17(2)27(16)19-8-5-4-6-9-19)24(29)25-18-11-12-22(30-3)21(15-18)26-13-7-10-23(26)28/h4-6,8-9,11-12,14-15H,7,10,13H2,1-3H3,(H,25,29). The summed E-state index contributed by atoms with van der Waals surface area (Å²) in [5.41, 5.74) is 4.81. The van der Waals surface area contributed by atoms with Crippen LogP contribution in [0.5, 0.6) is 5.75 Å². The fraction of sp³-hybridized carbons (Fsp3) is 0.250. The molecular weight excluding hydrogens is 378 g/mol. The molecule has 154 valence electrons. The second kappa shape index (κ2) is 8.06. The molecule has 0 bridgehead atoms. The van der Waals surface area contributed by atoms with Gasteiger partial charge in [-0.2, -0.15) is 0 Å². The van der Waals surface area contributed by atoms with Crippen molar-refractivity contribution in [3.8, 4) is 11.4 Å². The molecule has 0 spiro atoms. The molecule has 1 aliphatic heterocycles. The van der Waals surface area contributed by atoms with Crippen molar-refractivity contribution < 1.29 is 14.3 Å². The summed E-state index contributed by atoms with van der Waals surface area (Å²) >= 11 is 0. The maximum Gasteiger partial charge on any atom is 0.257 e. The van der Waals surface area contributed by atoms with Crippen LogP contribution in [0.3, 0.4) is 0 Å². The number of hydrogen-bond donors (Lipinski definition) is 1. The van der Waals surface area contributed by atoms with Gasteiger partial charge in [0.1, 0.15) is 5.75 Å². The maximum atomic E-state index is 13.0. The summed E-state index contributed by atoms with van der Waals surface area (Å²) in [7, 11) is 1.58. The Kier molecular flexibility index (Phi) is 5.31. The molecule has 2 aromatic carbocycles. The van der Waals surface area contributed by atoms with Crippen LogP contribution in [0.4, 0.5) is 11.4 Å². The molecule has 1 aromatic heterocycles. The van der Waals surface area contributed by atoms with E-state index in [-0.39, 0.29) is 11.8 Å². The first-order valence-corrected chi connectivity index (χ1v) is 10.0. The summed E-state index contributed by atoms with van der Waals surface area (Å²) in [6.07, 6.45) is 1.36. The molecule has 2 amide bonds. The van der Waals surface area contributed by atoms with E-state index >= 15 is 0 Å². The average molecular weight is 403 g/mol. The molecule has 0 unspecified atom stereocenters. The van der Waals surface area contributed by atoms with Crippen LogP contribution in [0.25, 0.3) is 5.69 Å². The lowest BCUT2D eigenvalue weighted by Crippen LogP contribution is -2.24. The van der Waals surface area contributed by atoms with Crippen molar-refractivity contribution in [2.24, 2.45) is 0 Å². The lowest BCUT2D eigenvalue weighted by atomic mass is 10.2. The number of methoxy groups -OCH3 is 1. The van der Waals surface area contributed by atoms with E-state index in [1.54, 1.807) is 30.2 Å². The topological polar surface area (TPSA) is 63.6 Å². The lowest BCUT2D eigenvalue weighted by Gasteiger charge is -2.20. The Balaban J connectivity index is 1.63. The third-order valence-electron chi connectivity index (χ3n) is 5.49. The molecule has 0 atom stereocenters. The van der Waals surface area contributed by atoms with Crippen molar-refractivity contribution >= 4 is 23.2 Å². The van der Waals surface area contributed by atoms with E-state index in [9.17, 15) is 9.59 Å². The molecule has 1 fully saturated rings. The number of hydrogen-bond acceptors (Lipinski definition) is 3.